The van der Waals surface area contributed by atoms with Crippen LogP contribution in [0.15, 0.2) is 53.2 Å². The standard InChI is InChI=1S/C19H20N4O/c1-3-7-14(8-4-1)18-22-19(24-23-18)15-11-12-17(20-13-15)21-16-9-5-2-6-10-16/h1,3-4,7-8,11-13,16H,2,5-6,9-10H2,(H,20,21). The molecule has 24 heavy (non-hydrogen) atoms. The van der Waals surface area contributed by atoms with Crippen LogP contribution >= 0.6 is 0 Å². The fourth-order valence-corrected chi connectivity index (χ4v) is 3.11. The fourth-order valence-electron chi connectivity index (χ4n) is 3.11. The van der Waals surface area contributed by atoms with E-state index in [4.69, 9.17) is 4.52 Å². The highest BCUT2D eigenvalue weighted by molar-refractivity contribution is 5.60. The maximum atomic E-state index is 5.37. The van der Waals surface area contributed by atoms with Crippen molar-refractivity contribution < 1.29 is 4.52 Å². The minimum atomic E-state index is 0.491. The molecule has 1 aliphatic rings. The van der Waals surface area contributed by atoms with Crippen LogP contribution in [0.1, 0.15) is 32.1 Å². The summed E-state index contributed by atoms with van der Waals surface area (Å²) in [5.74, 6) is 1.99. The Morgan fingerprint density at radius 2 is 1.75 bits per heavy atom. The van der Waals surface area contributed by atoms with Gasteiger partial charge in [-0.25, -0.2) is 4.98 Å². The van der Waals surface area contributed by atoms with E-state index in [1.165, 1.54) is 32.1 Å². The van der Waals surface area contributed by atoms with E-state index in [1.807, 2.05) is 42.5 Å². The van der Waals surface area contributed by atoms with Crippen LogP contribution in [0.2, 0.25) is 0 Å². The smallest absolute Gasteiger partial charge is 0.259 e. The molecule has 1 fully saturated rings. The van der Waals surface area contributed by atoms with E-state index in [0.717, 1.165) is 16.9 Å². The molecule has 5 heteroatoms. The van der Waals surface area contributed by atoms with Gasteiger partial charge in [0.05, 0.1) is 5.56 Å². The van der Waals surface area contributed by atoms with E-state index in [-0.39, 0.29) is 0 Å². The third-order valence-corrected chi connectivity index (χ3v) is 4.43. The van der Waals surface area contributed by atoms with Crippen LogP contribution in [-0.4, -0.2) is 21.2 Å². The van der Waals surface area contributed by atoms with Gasteiger partial charge in [0.2, 0.25) is 5.82 Å². The van der Waals surface area contributed by atoms with Gasteiger partial charge in [-0.2, -0.15) is 4.98 Å². The molecule has 2 heterocycles. The number of hydrogen-bond acceptors (Lipinski definition) is 5. The van der Waals surface area contributed by atoms with Crippen molar-refractivity contribution in [3.8, 4) is 22.8 Å². The first-order chi connectivity index (χ1) is 11.9. The zero-order chi connectivity index (χ0) is 16.2. The van der Waals surface area contributed by atoms with Crippen molar-refractivity contribution in [2.75, 3.05) is 5.32 Å². The number of rotatable bonds is 4. The van der Waals surface area contributed by atoms with Crippen LogP contribution < -0.4 is 5.32 Å². The lowest BCUT2D eigenvalue weighted by Crippen LogP contribution is -2.22. The van der Waals surface area contributed by atoms with Crippen LogP contribution in [0.3, 0.4) is 0 Å². The van der Waals surface area contributed by atoms with Crippen molar-refractivity contribution in [2.45, 2.75) is 38.1 Å². The van der Waals surface area contributed by atoms with Gasteiger partial charge in [-0.05, 0) is 25.0 Å². The van der Waals surface area contributed by atoms with Gasteiger partial charge in [0.15, 0.2) is 0 Å². The molecule has 0 amide bonds. The van der Waals surface area contributed by atoms with E-state index in [0.29, 0.717) is 17.8 Å². The van der Waals surface area contributed by atoms with Crippen LogP contribution in [0.4, 0.5) is 5.82 Å². The molecule has 0 radical (unpaired) electrons. The van der Waals surface area contributed by atoms with Crippen molar-refractivity contribution in [1.29, 1.82) is 0 Å². The summed E-state index contributed by atoms with van der Waals surface area (Å²) in [6.45, 7) is 0. The normalized spacial score (nSPS) is 15.3. The lowest BCUT2D eigenvalue weighted by molar-refractivity contribution is 0.432. The second kappa shape index (κ2) is 6.83. The molecule has 2 aromatic heterocycles. The van der Waals surface area contributed by atoms with Gasteiger partial charge in [0.25, 0.3) is 5.89 Å². The van der Waals surface area contributed by atoms with Gasteiger partial charge >= 0.3 is 0 Å². The summed E-state index contributed by atoms with van der Waals surface area (Å²) in [5, 5.41) is 7.56. The van der Waals surface area contributed by atoms with E-state index >= 15 is 0 Å². The van der Waals surface area contributed by atoms with E-state index in [1.54, 1.807) is 6.20 Å². The second-order valence-corrected chi connectivity index (χ2v) is 6.20. The third-order valence-electron chi connectivity index (χ3n) is 4.43. The number of hydrogen-bond donors (Lipinski definition) is 1. The Bertz CT molecular complexity index is 777. The highest BCUT2D eigenvalue weighted by atomic mass is 16.5. The molecule has 1 N–H and O–H groups in total. The largest absolute Gasteiger partial charge is 0.367 e. The van der Waals surface area contributed by atoms with Gasteiger partial charge in [-0.1, -0.05) is 54.8 Å². The lowest BCUT2D eigenvalue weighted by Gasteiger charge is -2.23. The summed E-state index contributed by atoms with van der Waals surface area (Å²) in [4.78, 5) is 8.95. The number of pyridine rings is 1. The number of benzene rings is 1. The Morgan fingerprint density at radius 1 is 0.917 bits per heavy atom. The maximum Gasteiger partial charge on any atom is 0.259 e. The topological polar surface area (TPSA) is 63.8 Å². The molecule has 0 saturated heterocycles. The maximum absolute atomic E-state index is 5.37. The minimum absolute atomic E-state index is 0.491. The zero-order valence-corrected chi connectivity index (χ0v) is 13.5. The van der Waals surface area contributed by atoms with Crippen LogP contribution in [0, 0.1) is 0 Å². The molecule has 0 atom stereocenters. The van der Waals surface area contributed by atoms with Gasteiger partial charge in [0, 0.05) is 17.8 Å². The van der Waals surface area contributed by atoms with Crippen molar-refractivity contribution in [1.82, 2.24) is 15.1 Å². The number of anilines is 1. The molecular formula is C19H20N4O. The highest BCUT2D eigenvalue weighted by Gasteiger charge is 2.14. The van der Waals surface area contributed by atoms with Crippen LogP contribution in [0.5, 0.6) is 0 Å². The molecule has 0 spiro atoms. The first-order valence-electron chi connectivity index (χ1n) is 8.50. The number of nitrogens with one attached hydrogen (secondary N) is 1. The van der Waals surface area contributed by atoms with Gasteiger partial charge in [0.1, 0.15) is 5.82 Å². The molecule has 0 unspecified atom stereocenters. The Hall–Kier alpha value is -2.69. The molecular weight excluding hydrogens is 300 g/mol. The molecule has 0 bridgehead atoms. The van der Waals surface area contributed by atoms with E-state index < -0.39 is 0 Å². The van der Waals surface area contributed by atoms with Crippen molar-refractivity contribution in [3.05, 3.63) is 48.7 Å². The number of aromatic nitrogens is 3. The summed E-state index contributed by atoms with van der Waals surface area (Å²) < 4.78 is 5.37. The van der Waals surface area contributed by atoms with Crippen LogP contribution in [0.25, 0.3) is 22.8 Å². The van der Waals surface area contributed by atoms with Crippen molar-refractivity contribution in [3.63, 3.8) is 0 Å². The summed E-state index contributed by atoms with van der Waals surface area (Å²) in [6.07, 6.45) is 8.21. The van der Waals surface area contributed by atoms with Crippen LogP contribution in [-0.2, 0) is 0 Å². The SMILES string of the molecule is c1ccc(-c2noc(-c3ccc(NC4CCCCC4)nc3)n2)cc1. The Balaban J connectivity index is 1.48. The number of nitrogens with zero attached hydrogens (tertiary/aromatic N) is 3. The molecule has 122 valence electrons. The first kappa shape index (κ1) is 14.9. The van der Waals surface area contributed by atoms with Crippen molar-refractivity contribution >= 4 is 5.82 Å². The minimum Gasteiger partial charge on any atom is -0.367 e. The molecule has 1 aliphatic carbocycles. The molecule has 1 aromatic carbocycles. The highest BCUT2D eigenvalue weighted by Crippen LogP contribution is 2.24. The summed E-state index contributed by atoms with van der Waals surface area (Å²) in [7, 11) is 0. The van der Waals surface area contributed by atoms with E-state index in [9.17, 15) is 0 Å². The fraction of sp³-hybridized carbons (Fsp3) is 0.316. The Labute approximate surface area is 141 Å². The molecule has 1 saturated carbocycles. The molecule has 3 aromatic rings. The zero-order valence-electron chi connectivity index (χ0n) is 13.5. The lowest BCUT2D eigenvalue weighted by atomic mass is 9.95. The molecule has 4 rings (SSSR count). The second-order valence-electron chi connectivity index (χ2n) is 6.20. The van der Waals surface area contributed by atoms with Crippen molar-refractivity contribution in [2.24, 2.45) is 0 Å². The average Bonchev–Trinajstić information content (AvgIpc) is 3.14. The Morgan fingerprint density at radius 3 is 2.50 bits per heavy atom. The van der Waals surface area contributed by atoms with Gasteiger partial charge in [-0.15, -0.1) is 0 Å². The van der Waals surface area contributed by atoms with Gasteiger partial charge in [-0.3, -0.25) is 0 Å². The Kier molecular flexibility index (Phi) is 4.23. The summed E-state index contributed by atoms with van der Waals surface area (Å²) in [6, 6.07) is 14.3. The summed E-state index contributed by atoms with van der Waals surface area (Å²) in [5.41, 5.74) is 1.77. The predicted molar refractivity (Wildman–Crippen MR) is 93.5 cm³/mol. The van der Waals surface area contributed by atoms with E-state index in [2.05, 4.69) is 20.4 Å². The van der Waals surface area contributed by atoms with Gasteiger partial charge < -0.3 is 9.84 Å². The molecule has 0 aliphatic heterocycles. The summed E-state index contributed by atoms with van der Waals surface area (Å²) >= 11 is 0. The average molecular weight is 320 g/mol. The first-order valence-corrected chi connectivity index (χ1v) is 8.50. The quantitative estimate of drug-likeness (QED) is 0.764. The molecule has 5 nitrogen and oxygen atoms in total. The predicted octanol–water partition coefficient (Wildman–Crippen LogP) is 4.54. The monoisotopic (exact) mass is 320 g/mol. The third kappa shape index (κ3) is 3.30.